The van der Waals surface area contributed by atoms with Gasteiger partial charge in [0.05, 0.1) is 6.10 Å². The summed E-state index contributed by atoms with van der Waals surface area (Å²) in [5, 5.41) is 10.1. The van der Waals surface area contributed by atoms with Gasteiger partial charge >= 0.3 is 0 Å². The van der Waals surface area contributed by atoms with Crippen LogP contribution < -0.4 is 0 Å². The quantitative estimate of drug-likeness (QED) is 0.742. The van der Waals surface area contributed by atoms with Gasteiger partial charge in [-0.2, -0.15) is 0 Å². The second-order valence-corrected chi connectivity index (χ2v) is 4.20. The summed E-state index contributed by atoms with van der Waals surface area (Å²) in [7, 11) is 0. The Bertz CT molecular complexity index is 314. The van der Waals surface area contributed by atoms with E-state index in [1.165, 1.54) is 11.1 Å². The molecule has 0 fully saturated rings. The maximum Gasteiger partial charge on any atom is 0.0640 e. The molecule has 1 atom stereocenters. The van der Waals surface area contributed by atoms with E-state index >= 15 is 0 Å². The van der Waals surface area contributed by atoms with Crippen LogP contribution in [0, 0.1) is 5.92 Å². The maximum atomic E-state index is 10.1. The first-order chi connectivity index (χ1) is 7.33. The molecule has 0 spiro atoms. The third-order valence-corrected chi connectivity index (χ3v) is 3.20. The molecule has 0 aromatic rings. The molecule has 1 unspecified atom stereocenters. The molecule has 15 heavy (non-hydrogen) atoms. The second kappa shape index (κ2) is 4.63. The minimum absolute atomic E-state index is 0.234. The van der Waals surface area contributed by atoms with Crippen LogP contribution in [-0.2, 0) is 0 Å². The molecule has 1 heteroatoms. The molecule has 0 aliphatic heterocycles. The fourth-order valence-corrected chi connectivity index (χ4v) is 2.36. The summed E-state index contributed by atoms with van der Waals surface area (Å²) in [6.45, 7) is 2.05. The van der Waals surface area contributed by atoms with E-state index in [-0.39, 0.29) is 12.0 Å². The molecule has 80 valence electrons. The van der Waals surface area contributed by atoms with Crippen LogP contribution in [0.4, 0.5) is 0 Å². The summed E-state index contributed by atoms with van der Waals surface area (Å²) in [6, 6.07) is 0. The van der Waals surface area contributed by atoms with Crippen LogP contribution in [-0.4, -0.2) is 11.2 Å². The maximum absolute atomic E-state index is 10.1. The van der Waals surface area contributed by atoms with Crippen molar-refractivity contribution in [1.29, 1.82) is 0 Å². The van der Waals surface area contributed by atoms with Crippen molar-refractivity contribution in [2.75, 3.05) is 0 Å². The highest BCUT2D eigenvalue weighted by molar-refractivity contribution is 5.36. The van der Waals surface area contributed by atoms with E-state index in [4.69, 9.17) is 0 Å². The number of allylic oxidation sites excluding steroid dienone is 6. The summed E-state index contributed by atoms with van der Waals surface area (Å²) >= 11 is 0. The first-order valence-electron chi connectivity index (χ1n) is 5.72. The predicted octanol–water partition coefficient (Wildman–Crippen LogP) is 3.15. The molecule has 0 aromatic carbocycles. The Morgan fingerprint density at radius 1 is 1.13 bits per heavy atom. The Kier molecular flexibility index (Phi) is 3.22. The van der Waals surface area contributed by atoms with Crippen molar-refractivity contribution < 1.29 is 5.11 Å². The van der Waals surface area contributed by atoms with E-state index < -0.39 is 0 Å². The van der Waals surface area contributed by atoms with Crippen molar-refractivity contribution in [3.63, 3.8) is 0 Å². The number of rotatable bonds is 4. The van der Waals surface area contributed by atoms with Crippen LogP contribution in [0.25, 0.3) is 0 Å². The minimum Gasteiger partial charge on any atom is -0.392 e. The molecule has 0 heterocycles. The molecular formula is C14H18O. The Hall–Kier alpha value is -1.08. The molecule has 0 radical (unpaired) electrons. The Morgan fingerprint density at radius 2 is 1.67 bits per heavy atom. The SMILES string of the molecule is CCC(O)C(C1=CC=CC1)C1=CC=CC1. The van der Waals surface area contributed by atoms with Crippen molar-refractivity contribution in [2.24, 2.45) is 5.92 Å². The van der Waals surface area contributed by atoms with Gasteiger partial charge in [-0.3, -0.25) is 0 Å². The van der Waals surface area contributed by atoms with Gasteiger partial charge < -0.3 is 5.11 Å². The average molecular weight is 202 g/mol. The van der Waals surface area contributed by atoms with E-state index in [2.05, 4.69) is 36.5 Å². The third kappa shape index (κ3) is 2.13. The molecule has 0 bridgehead atoms. The molecule has 1 nitrogen and oxygen atoms in total. The molecular weight excluding hydrogens is 184 g/mol. The van der Waals surface area contributed by atoms with Crippen LogP contribution in [0.3, 0.4) is 0 Å². The topological polar surface area (TPSA) is 20.2 Å². The van der Waals surface area contributed by atoms with Crippen molar-refractivity contribution >= 4 is 0 Å². The van der Waals surface area contributed by atoms with Crippen LogP contribution in [0.1, 0.15) is 26.2 Å². The number of hydrogen-bond acceptors (Lipinski definition) is 1. The van der Waals surface area contributed by atoms with E-state index in [9.17, 15) is 5.11 Å². The fourth-order valence-electron chi connectivity index (χ4n) is 2.36. The van der Waals surface area contributed by atoms with E-state index in [1.54, 1.807) is 0 Å². The van der Waals surface area contributed by atoms with Gasteiger partial charge in [0.1, 0.15) is 0 Å². The van der Waals surface area contributed by atoms with E-state index in [0.717, 1.165) is 19.3 Å². The monoisotopic (exact) mass is 202 g/mol. The Labute approximate surface area is 91.5 Å². The van der Waals surface area contributed by atoms with Crippen molar-refractivity contribution in [2.45, 2.75) is 32.3 Å². The highest BCUT2D eigenvalue weighted by Gasteiger charge is 2.25. The molecule has 0 amide bonds. The normalized spacial score (nSPS) is 21.0. The zero-order chi connectivity index (χ0) is 10.7. The molecule has 1 N–H and O–H groups in total. The lowest BCUT2D eigenvalue weighted by atomic mass is 9.84. The number of hydrogen-bond donors (Lipinski definition) is 1. The molecule has 0 saturated carbocycles. The lowest BCUT2D eigenvalue weighted by molar-refractivity contribution is 0.134. The first-order valence-corrected chi connectivity index (χ1v) is 5.72. The predicted molar refractivity (Wildman–Crippen MR) is 63.5 cm³/mol. The second-order valence-electron chi connectivity index (χ2n) is 4.20. The van der Waals surface area contributed by atoms with Gasteiger partial charge in [0, 0.05) is 5.92 Å². The largest absolute Gasteiger partial charge is 0.392 e. The summed E-state index contributed by atoms with van der Waals surface area (Å²) in [4.78, 5) is 0. The van der Waals surface area contributed by atoms with E-state index in [0.29, 0.717) is 0 Å². The van der Waals surface area contributed by atoms with Gasteiger partial charge in [-0.1, -0.05) is 54.5 Å². The van der Waals surface area contributed by atoms with Crippen molar-refractivity contribution in [1.82, 2.24) is 0 Å². The molecule has 0 aromatic heterocycles. The van der Waals surface area contributed by atoms with Gasteiger partial charge in [0.25, 0.3) is 0 Å². The van der Waals surface area contributed by atoms with Gasteiger partial charge in [0.2, 0.25) is 0 Å². The first kappa shape index (κ1) is 10.4. The number of aliphatic hydroxyl groups excluding tert-OH is 1. The molecule has 2 rings (SSSR count). The summed E-state index contributed by atoms with van der Waals surface area (Å²) in [5.74, 6) is 0.236. The highest BCUT2D eigenvalue weighted by Crippen LogP contribution is 2.34. The Morgan fingerprint density at radius 3 is 2.00 bits per heavy atom. The van der Waals surface area contributed by atoms with E-state index in [1.807, 2.05) is 6.92 Å². The molecule has 2 aliphatic rings. The lowest BCUT2D eigenvalue weighted by Gasteiger charge is -2.25. The zero-order valence-corrected chi connectivity index (χ0v) is 9.19. The minimum atomic E-state index is -0.234. The zero-order valence-electron chi connectivity index (χ0n) is 9.19. The Balaban J connectivity index is 2.16. The van der Waals surface area contributed by atoms with Gasteiger partial charge in [0.15, 0.2) is 0 Å². The number of aliphatic hydroxyl groups is 1. The average Bonchev–Trinajstić information content (AvgIpc) is 2.90. The highest BCUT2D eigenvalue weighted by atomic mass is 16.3. The summed E-state index contributed by atoms with van der Waals surface area (Å²) in [6.07, 6.45) is 15.4. The third-order valence-electron chi connectivity index (χ3n) is 3.20. The van der Waals surface area contributed by atoms with Gasteiger partial charge in [-0.25, -0.2) is 0 Å². The van der Waals surface area contributed by atoms with Crippen LogP contribution in [0.2, 0.25) is 0 Å². The lowest BCUT2D eigenvalue weighted by Crippen LogP contribution is -2.22. The van der Waals surface area contributed by atoms with Crippen molar-refractivity contribution in [3.8, 4) is 0 Å². The smallest absolute Gasteiger partial charge is 0.0640 e. The van der Waals surface area contributed by atoms with Gasteiger partial charge in [-0.15, -0.1) is 0 Å². The summed E-state index contributed by atoms with van der Waals surface area (Å²) in [5.41, 5.74) is 2.72. The van der Waals surface area contributed by atoms with Crippen LogP contribution in [0.5, 0.6) is 0 Å². The van der Waals surface area contributed by atoms with Crippen LogP contribution >= 0.6 is 0 Å². The molecule has 2 aliphatic carbocycles. The van der Waals surface area contributed by atoms with Gasteiger partial charge in [-0.05, 0) is 19.3 Å². The molecule has 0 saturated heterocycles. The summed E-state index contributed by atoms with van der Waals surface area (Å²) < 4.78 is 0. The van der Waals surface area contributed by atoms with Crippen molar-refractivity contribution in [3.05, 3.63) is 47.6 Å². The fraction of sp³-hybridized carbons (Fsp3) is 0.429. The standard InChI is InChI=1S/C14H18O/c1-2-13(15)14(11-7-3-4-8-11)12-9-5-6-10-12/h3-7,9,13-15H,2,8,10H2,1H3. The van der Waals surface area contributed by atoms with Crippen LogP contribution in [0.15, 0.2) is 47.6 Å².